The van der Waals surface area contributed by atoms with E-state index in [0.29, 0.717) is 25.0 Å². The lowest BCUT2D eigenvalue weighted by Gasteiger charge is -2.19. The second-order valence-corrected chi connectivity index (χ2v) is 14.9. The number of nitrogens with two attached hydrogens (primary N) is 1. The molecule has 0 spiro atoms. The fourth-order valence-corrected chi connectivity index (χ4v) is 6.01. The highest BCUT2D eigenvalue weighted by Crippen LogP contribution is 2.43. The van der Waals surface area contributed by atoms with Gasteiger partial charge in [0.15, 0.2) is 6.10 Å². The van der Waals surface area contributed by atoms with Crippen molar-refractivity contribution in [1.82, 2.24) is 0 Å². The first kappa shape index (κ1) is 50.9. The van der Waals surface area contributed by atoms with Crippen LogP contribution in [0.5, 0.6) is 0 Å². The van der Waals surface area contributed by atoms with Gasteiger partial charge in [-0.1, -0.05) is 130 Å². The minimum Gasteiger partial charge on any atom is -0.462 e. The van der Waals surface area contributed by atoms with Crippen molar-refractivity contribution in [3.8, 4) is 0 Å². The maximum atomic E-state index is 12.5. The van der Waals surface area contributed by atoms with E-state index in [9.17, 15) is 19.0 Å². The summed E-state index contributed by atoms with van der Waals surface area (Å²) in [4.78, 5) is 34.8. The molecular formula is C45H72NO9P. The molecule has 0 saturated carbocycles. The predicted molar refractivity (Wildman–Crippen MR) is 228 cm³/mol. The van der Waals surface area contributed by atoms with Gasteiger partial charge < -0.3 is 24.8 Å². The molecule has 1 aliphatic rings. The molecule has 0 amide bonds. The summed E-state index contributed by atoms with van der Waals surface area (Å²) in [5, 5.41) is 0. The SMILES string of the molecule is CC/C=C\C/C=C\C/C=C\CCCCCCCC(=O)OC[C@H](COP(=O)(O)OCCN)OC(=O)CC/C=C\C/C=C\C/C=C\C/C=C\CC1OC1C/C=C\CC. The quantitative estimate of drug-likeness (QED) is 0.0206. The van der Waals surface area contributed by atoms with Crippen LogP contribution >= 0.6 is 7.82 Å². The van der Waals surface area contributed by atoms with Crippen molar-refractivity contribution < 1.29 is 42.3 Å². The minimum absolute atomic E-state index is 0.0318. The third kappa shape index (κ3) is 33.1. The zero-order valence-corrected chi connectivity index (χ0v) is 35.2. The second kappa shape index (κ2) is 36.2. The highest BCUT2D eigenvalue weighted by Gasteiger charge is 2.36. The van der Waals surface area contributed by atoms with Gasteiger partial charge in [-0.15, -0.1) is 0 Å². The lowest BCUT2D eigenvalue weighted by Crippen LogP contribution is -2.29. The average molecular weight is 802 g/mol. The van der Waals surface area contributed by atoms with Crippen LogP contribution in [-0.4, -0.2) is 61.5 Å². The standard InChI is InChI=1S/C45H72NO9P/c1-3-5-7-8-9-10-11-12-13-14-18-21-24-27-31-35-44(47)51-39-41(40-53-56(49,50)52-38-37-46)54-45(48)36-32-28-25-22-19-16-15-17-20-23-26-30-34-43-42(55-43)33-29-6-4-2/h5-7,9-10,12-13,16-17,19-20,25-26,28-30,41-43H,3-4,8,11,14-15,18,21-24,27,31-40,46H2,1-2H3,(H,49,50)/b7-5-,10-9-,13-12-,19-16-,20-17-,28-25-,29-6-,30-26-/t41-,42?,43?/m1/s1. The van der Waals surface area contributed by atoms with Gasteiger partial charge >= 0.3 is 19.8 Å². The van der Waals surface area contributed by atoms with Crippen LogP contribution in [0.25, 0.3) is 0 Å². The number of hydrogen-bond acceptors (Lipinski definition) is 9. The number of carbonyl (C=O) groups is 2. The fourth-order valence-electron chi connectivity index (χ4n) is 5.24. The Labute approximate surface area is 338 Å². The molecule has 0 bridgehead atoms. The van der Waals surface area contributed by atoms with E-state index >= 15 is 0 Å². The zero-order valence-electron chi connectivity index (χ0n) is 34.3. The Morgan fingerprint density at radius 2 is 1.12 bits per heavy atom. The molecule has 3 unspecified atom stereocenters. The second-order valence-electron chi connectivity index (χ2n) is 13.5. The summed E-state index contributed by atoms with van der Waals surface area (Å²) in [6, 6.07) is 0. The molecule has 1 aliphatic heterocycles. The summed E-state index contributed by atoms with van der Waals surface area (Å²) in [6.45, 7) is 3.36. The Kier molecular flexibility index (Phi) is 33.0. The Bertz CT molecular complexity index is 1300. The van der Waals surface area contributed by atoms with E-state index in [-0.39, 0.29) is 32.6 Å². The smallest absolute Gasteiger partial charge is 0.462 e. The molecule has 316 valence electrons. The molecule has 1 saturated heterocycles. The van der Waals surface area contributed by atoms with Crippen LogP contribution in [0.4, 0.5) is 0 Å². The van der Waals surface area contributed by atoms with Gasteiger partial charge in [0, 0.05) is 19.4 Å². The number of phosphoric ester groups is 1. The monoisotopic (exact) mass is 801 g/mol. The van der Waals surface area contributed by atoms with Crippen LogP contribution < -0.4 is 5.73 Å². The molecule has 11 heteroatoms. The number of epoxide rings is 1. The number of phosphoric acid groups is 1. The number of esters is 2. The van der Waals surface area contributed by atoms with E-state index in [0.717, 1.165) is 89.9 Å². The maximum absolute atomic E-state index is 12.5. The van der Waals surface area contributed by atoms with Crippen molar-refractivity contribution >= 4 is 19.8 Å². The summed E-state index contributed by atoms with van der Waals surface area (Å²) >= 11 is 0. The number of allylic oxidation sites excluding steroid dienone is 14. The molecule has 0 aliphatic carbocycles. The van der Waals surface area contributed by atoms with Crippen LogP contribution in [0.2, 0.25) is 0 Å². The van der Waals surface area contributed by atoms with Crippen LogP contribution in [-0.2, 0) is 37.4 Å². The molecule has 0 radical (unpaired) electrons. The van der Waals surface area contributed by atoms with Crippen LogP contribution in [0, 0.1) is 0 Å². The first-order valence-corrected chi connectivity index (χ1v) is 22.3. The fraction of sp³-hybridized carbons (Fsp3) is 0.600. The summed E-state index contributed by atoms with van der Waals surface area (Å²) < 4.78 is 38.3. The molecule has 56 heavy (non-hydrogen) atoms. The van der Waals surface area contributed by atoms with E-state index in [1.165, 1.54) is 0 Å². The number of hydrogen-bond donors (Lipinski definition) is 2. The molecule has 1 heterocycles. The Morgan fingerprint density at radius 1 is 0.625 bits per heavy atom. The van der Waals surface area contributed by atoms with Crippen LogP contribution in [0.1, 0.15) is 129 Å². The normalized spacial score (nSPS) is 17.9. The average Bonchev–Trinajstić information content (AvgIpc) is 3.94. The van der Waals surface area contributed by atoms with Gasteiger partial charge in [-0.2, -0.15) is 0 Å². The van der Waals surface area contributed by atoms with Crippen molar-refractivity contribution in [2.24, 2.45) is 5.73 Å². The van der Waals surface area contributed by atoms with Crippen molar-refractivity contribution in [3.05, 3.63) is 97.2 Å². The minimum atomic E-state index is -4.41. The zero-order chi connectivity index (χ0) is 40.8. The molecule has 0 aromatic rings. The molecular weight excluding hydrogens is 729 g/mol. The van der Waals surface area contributed by atoms with Gasteiger partial charge in [0.2, 0.25) is 0 Å². The van der Waals surface area contributed by atoms with Gasteiger partial charge in [-0.25, -0.2) is 4.57 Å². The lowest BCUT2D eigenvalue weighted by atomic mass is 10.1. The van der Waals surface area contributed by atoms with Gasteiger partial charge in [0.05, 0.1) is 25.4 Å². The molecule has 10 nitrogen and oxygen atoms in total. The molecule has 4 atom stereocenters. The first-order chi connectivity index (χ1) is 27.3. The van der Waals surface area contributed by atoms with Gasteiger partial charge in [0.25, 0.3) is 0 Å². The maximum Gasteiger partial charge on any atom is 0.472 e. The largest absolute Gasteiger partial charge is 0.472 e. The number of carbonyl (C=O) groups excluding carboxylic acids is 2. The van der Waals surface area contributed by atoms with Crippen molar-refractivity contribution in [2.45, 2.75) is 148 Å². The number of unbranched alkanes of at least 4 members (excludes halogenated alkanes) is 5. The summed E-state index contributed by atoms with van der Waals surface area (Å²) in [5.74, 6) is -0.963. The Balaban J connectivity index is 2.26. The van der Waals surface area contributed by atoms with Gasteiger partial charge in [-0.3, -0.25) is 18.6 Å². The summed E-state index contributed by atoms with van der Waals surface area (Å²) in [7, 11) is -4.41. The Hall–Kier alpha value is -3.11. The van der Waals surface area contributed by atoms with Crippen molar-refractivity contribution in [2.75, 3.05) is 26.4 Å². The third-order valence-electron chi connectivity index (χ3n) is 8.38. The molecule has 0 aromatic heterocycles. The molecule has 1 rings (SSSR count). The number of ether oxygens (including phenoxy) is 3. The van der Waals surface area contributed by atoms with Gasteiger partial charge in [0.1, 0.15) is 6.61 Å². The van der Waals surface area contributed by atoms with E-state index in [1.807, 2.05) is 12.2 Å². The van der Waals surface area contributed by atoms with E-state index in [1.54, 1.807) is 0 Å². The summed E-state index contributed by atoms with van der Waals surface area (Å²) in [5.41, 5.74) is 5.34. The highest BCUT2D eigenvalue weighted by molar-refractivity contribution is 7.47. The van der Waals surface area contributed by atoms with E-state index < -0.39 is 32.5 Å². The van der Waals surface area contributed by atoms with E-state index in [4.69, 9.17) is 29.0 Å². The molecule has 3 N–H and O–H groups in total. The van der Waals surface area contributed by atoms with Crippen LogP contribution in [0.3, 0.4) is 0 Å². The van der Waals surface area contributed by atoms with Crippen molar-refractivity contribution in [1.29, 1.82) is 0 Å². The highest BCUT2D eigenvalue weighted by atomic mass is 31.2. The third-order valence-corrected chi connectivity index (χ3v) is 9.37. The first-order valence-electron chi connectivity index (χ1n) is 20.8. The topological polar surface area (TPSA) is 147 Å². The predicted octanol–water partition coefficient (Wildman–Crippen LogP) is 10.8. The lowest BCUT2D eigenvalue weighted by molar-refractivity contribution is -0.161. The van der Waals surface area contributed by atoms with Crippen molar-refractivity contribution in [3.63, 3.8) is 0 Å². The summed E-state index contributed by atoms with van der Waals surface area (Å²) in [6.07, 6.45) is 49.2. The molecule has 0 aromatic carbocycles. The van der Waals surface area contributed by atoms with Gasteiger partial charge in [-0.05, 0) is 83.5 Å². The van der Waals surface area contributed by atoms with Crippen LogP contribution in [0.15, 0.2) is 97.2 Å². The Morgan fingerprint density at radius 3 is 1.73 bits per heavy atom. The number of rotatable bonds is 36. The van der Waals surface area contributed by atoms with E-state index in [2.05, 4.69) is 98.9 Å². The molecule has 1 fully saturated rings.